The predicted molar refractivity (Wildman–Crippen MR) is 114 cm³/mol. The summed E-state index contributed by atoms with van der Waals surface area (Å²) in [6.45, 7) is 9.40. The van der Waals surface area contributed by atoms with Gasteiger partial charge in [0, 0.05) is 32.7 Å². The third-order valence-electron chi connectivity index (χ3n) is 4.96. The van der Waals surface area contributed by atoms with Crippen LogP contribution in [0.5, 0.6) is 0 Å². The number of rotatable bonds is 5. The number of piperidine rings is 1. The Morgan fingerprint density at radius 1 is 1.27 bits per heavy atom. The first kappa shape index (κ1) is 22.0. The van der Waals surface area contributed by atoms with Gasteiger partial charge in [-0.25, -0.2) is 9.18 Å². The number of carbonyl (C=O) groups excluding carboxylic acids is 1. The first-order valence-corrected chi connectivity index (χ1v) is 10.3. The van der Waals surface area contributed by atoms with Crippen LogP contribution in [0.4, 0.5) is 20.7 Å². The highest BCUT2D eigenvalue weighted by Crippen LogP contribution is 2.27. The fourth-order valence-corrected chi connectivity index (χ4v) is 3.64. The predicted octanol–water partition coefficient (Wildman–Crippen LogP) is 3.37. The fraction of sp³-hybridized carbons (Fsp3) is 0.571. The number of para-hydroxylation sites is 1. The van der Waals surface area contributed by atoms with Gasteiger partial charge in [-0.3, -0.25) is 5.32 Å². The molecule has 0 atom stereocenters. The van der Waals surface area contributed by atoms with E-state index in [9.17, 15) is 9.18 Å². The minimum atomic E-state index is -0.588. The monoisotopic (exact) mass is 418 g/mol. The molecule has 0 spiro atoms. The molecule has 2 heterocycles. The summed E-state index contributed by atoms with van der Waals surface area (Å²) in [7, 11) is 1.71. The van der Waals surface area contributed by atoms with Crippen LogP contribution in [0.1, 0.15) is 44.9 Å². The second-order valence-electron chi connectivity index (χ2n) is 8.66. The number of aromatic nitrogens is 3. The van der Waals surface area contributed by atoms with Crippen LogP contribution < -0.4 is 15.5 Å². The van der Waals surface area contributed by atoms with Gasteiger partial charge in [-0.2, -0.15) is 9.90 Å². The topological polar surface area (TPSA) is 84.3 Å². The van der Waals surface area contributed by atoms with Crippen molar-refractivity contribution in [3.05, 3.63) is 35.3 Å². The van der Waals surface area contributed by atoms with Crippen molar-refractivity contribution in [3.8, 4) is 0 Å². The molecule has 0 unspecified atom stereocenters. The number of benzene rings is 1. The summed E-state index contributed by atoms with van der Waals surface area (Å²) in [4.78, 5) is 15.6. The Kier molecular flexibility index (Phi) is 6.60. The summed E-state index contributed by atoms with van der Waals surface area (Å²) < 4.78 is 19.5. The van der Waals surface area contributed by atoms with Crippen molar-refractivity contribution in [2.45, 2.75) is 58.7 Å². The van der Waals surface area contributed by atoms with E-state index in [-0.39, 0.29) is 11.9 Å². The molecular weight excluding hydrogens is 387 g/mol. The zero-order valence-electron chi connectivity index (χ0n) is 18.3. The van der Waals surface area contributed by atoms with Gasteiger partial charge in [-0.15, -0.1) is 5.10 Å². The van der Waals surface area contributed by atoms with Crippen LogP contribution in [-0.2, 0) is 18.3 Å². The number of halogens is 1. The Labute approximate surface area is 176 Å². The van der Waals surface area contributed by atoms with Crippen molar-refractivity contribution in [2.24, 2.45) is 7.05 Å². The van der Waals surface area contributed by atoms with Crippen LogP contribution in [0.25, 0.3) is 0 Å². The zero-order valence-corrected chi connectivity index (χ0v) is 18.3. The second-order valence-corrected chi connectivity index (χ2v) is 8.66. The van der Waals surface area contributed by atoms with Crippen LogP contribution >= 0.6 is 0 Å². The molecule has 2 N–H and O–H groups in total. The first-order valence-electron chi connectivity index (χ1n) is 10.3. The average molecular weight is 419 g/mol. The second kappa shape index (κ2) is 8.99. The lowest BCUT2D eigenvalue weighted by atomic mass is 10.0. The minimum absolute atomic E-state index is 0.168. The number of ether oxygens (including phenoxy) is 1. The van der Waals surface area contributed by atoms with Gasteiger partial charge in [0.2, 0.25) is 0 Å². The Hall–Kier alpha value is -2.68. The van der Waals surface area contributed by atoms with E-state index < -0.39 is 11.7 Å². The SMILES string of the molecule is Cc1cccc(F)c1N1CCC(NCc2nn(C)nc2NC(=O)OC(C)(C)C)CC1. The van der Waals surface area contributed by atoms with Crippen molar-refractivity contribution in [3.63, 3.8) is 0 Å². The molecule has 2 aromatic rings. The van der Waals surface area contributed by atoms with Crippen molar-refractivity contribution in [1.82, 2.24) is 20.3 Å². The molecule has 0 bridgehead atoms. The number of nitrogens with zero attached hydrogens (tertiary/aromatic N) is 4. The van der Waals surface area contributed by atoms with Gasteiger partial charge < -0.3 is 15.0 Å². The lowest BCUT2D eigenvalue weighted by molar-refractivity contribution is 0.0635. The van der Waals surface area contributed by atoms with Gasteiger partial charge in [-0.05, 0) is 52.2 Å². The summed E-state index contributed by atoms with van der Waals surface area (Å²) in [6.07, 6.45) is 1.23. The number of amides is 1. The fourth-order valence-electron chi connectivity index (χ4n) is 3.64. The van der Waals surface area contributed by atoms with E-state index in [4.69, 9.17) is 4.74 Å². The van der Waals surface area contributed by atoms with Crippen molar-refractivity contribution >= 4 is 17.6 Å². The highest BCUT2D eigenvalue weighted by molar-refractivity contribution is 5.84. The molecule has 1 aliphatic rings. The molecule has 8 nitrogen and oxygen atoms in total. The summed E-state index contributed by atoms with van der Waals surface area (Å²) >= 11 is 0. The maximum absolute atomic E-state index is 14.2. The first-order chi connectivity index (χ1) is 14.1. The van der Waals surface area contributed by atoms with E-state index in [1.165, 1.54) is 10.9 Å². The minimum Gasteiger partial charge on any atom is -0.444 e. The normalized spacial score (nSPS) is 15.3. The largest absolute Gasteiger partial charge is 0.444 e. The van der Waals surface area contributed by atoms with E-state index >= 15 is 0 Å². The van der Waals surface area contributed by atoms with Gasteiger partial charge in [0.25, 0.3) is 0 Å². The number of carbonyl (C=O) groups is 1. The third-order valence-corrected chi connectivity index (χ3v) is 4.96. The van der Waals surface area contributed by atoms with Crippen molar-refractivity contribution in [1.29, 1.82) is 0 Å². The van der Waals surface area contributed by atoms with Gasteiger partial charge >= 0.3 is 6.09 Å². The molecule has 1 aliphatic heterocycles. The van der Waals surface area contributed by atoms with Gasteiger partial charge in [-0.1, -0.05) is 12.1 Å². The van der Waals surface area contributed by atoms with Crippen LogP contribution in [0.3, 0.4) is 0 Å². The molecule has 1 amide bonds. The standard InChI is InChI=1S/C21H31FN6O2/c1-14-7-6-8-16(22)18(14)28-11-9-15(10-12-28)23-13-17-19(26-27(5)25-17)24-20(29)30-21(2,3)4/h6-8,15,23H,9-13H2,1-5H3,(H,24,26,29). The number of hydrogen-bond acceptors (Lipinski definition) is 6. The average Bonchev–Trinajstić information content (AvgIpc) is 2.98. The molecule has 1 saturated heterocycles. The molecular formula is C21H31FN6O2. The molecule has 3 rings (SSSR count). The molecule has 1 fully saturated rings. The molecule has 1 aromatic carbocycles. The lowest BCUT2D eigenvalue weighted by Crippen LogP contribution is -2.43. The zero-order chi connectivity index (χ0) is 21.9. The molecule has 30 heavy (non-hydrogen) atoms. The Morgan fingerprint density at radius 2 is 1.97 bits per heavy atom. The molecule has 0 saturated carbocycles. The van der Waals surface area contributed by atoms with Crippen molar-refractivity contribution in [2.75, 3.05) is 23.3 Å². The van der Waals surface area contributed by atoms with Gasteiger partial charge in [0.05, 0.1) is 5.69 Å². The van der Waals surface area contributed by atoms with Crippen LogP contribution in [0.15, 0.2) is 18.2 Å². The maximum atomic E-state index is 14.2. The van der Waals surface area contributed by atoms with Crippen LogP contribution in [0.2, 0.25) is 0 Å². The quantitative estimate of drug-likeness (QED) is 0.775. The molecule has 164 valence electrons. The van der Waals surface area contributed by atoms with Gasteiger partial charge in [0.15, 0.2) is 5.82 Å². The van der Waals surface area contributed by atoms with E-state index in [1.54, 1.807) is 33.9 Å². The number of hydrogen-bond donors (Lipinski definition) is 2. The van der Waals surface area contributed by atoms with E-state index in [2.05, 4.69) is 25.7 Å². The summed E-state index contributed by atoms with van der Waals surface area (Å²) in [5.41, 5.74) is 1.72. The number of aryl methyl sites for hydroxylation is 2. The highest BCUT2D eigenvalue weighted by Gasteiger charge is 2.24. The summed E-state index contributed by atoms with van der Waals surface area (Å²) in [5, 5.41) is 14.7. The molecule has 9 heteroatoms. The van der Waals surface area contributed by atoms with E-state index in [1.807, 2.05) is 13.0 Å². The third kappa shape index (κ3) is 5.69. The van der Waals surface area contributed by atoms with E-state index in [0.29, 0.717) is 23.7 Å². The Bertz CT molecular complexity index is 864. The number of nitrogens with one attached hydrogen (secondary N) is 2. The molecule has 0 aliphatic carbocycles. The van der Waals surface area contributed by atoms with Crippen molar-refractivity contribution < 1.29 is 13.9 Å². The Balaban J connectivity index is 1.54. The smallest absolute Gasteiger partial charge is 0.413 e. The number of anilines is 2. The molecule has 0 radical (unpaired) electrons. The highest BCUT2D eigenvalue weighted by atomic mass is 19.1. The van der Waals surface area contributed by atoms with E-state index in [0.717, 1.165) is 31.5 Å². The van der Waals surface area contributed by atoms with Crippen LogP contribution in [-0.4, -0.2) is 45.8 Å². The lowest BCUT2D eigenvalue weighted by Gasteiger charge is -2.35. The van der Waals surface area contributed by atoms with Crippen LogP contribution in [0, 0.1) is 12.7 Å². The maximum Gasteiger partial charge on any atom is 0.413 e. The van der Waals surface area contributed by atoms with Gasteiger partial charge in [0.1, 0.15) is 17.1 Å². The summed E-state index contributed by atoms with van der Waals surface area (Å²) in [5.74, 6) is 0.220. The molecule has 1 aromatic heterocycles. The Morgan fingerprint density at radius 3 is 2.60 bits per heavy atom. The summed E-state index contributed by atoms with van der Waals surface area (Å²) in [6, 6.07) is 5.48.